The molecule has 7 nitrogen and oxygen atoms in total. The first kappa shape index (κ1) is 17.1. The summed E-state index contributed by atoms with van der Waals surface area (Å²) in [5, 5.41) is 3.39. The summed E-state index contributed by atoms with van der Waals surface area (Å²) >= 11 is 0. The maximum atomic E-state index is 12.7. The molecule has 0 saturated heterocycles. The molecule has 2 N–H and O–H groups in total. The lowest BCUT2D eigenvalue weighted by atomic mass is 10.00. The molecule has 2 heterocycles. The normalized spacial score (nSPS) is 15.8. The topological polar surface area (TPSA) is 93.2 Å². The van der Waals surface area contributed by atoms with Gasteiger partial charge in [0.05, 0.1) is 23.6 Å². The van der Waals surface area contributed by atoms with E-state index in [1.807, 2.05) is 24.3 Å². The van der Waals surface area contributed by atoms with Crippen LogP contribution in [-0.4, -0.2) is 22.1 Å². The maximum absolute atomic E-state index is 12.7. The number of fused-ring (bicyclic) bond motifs is 2. The van der Waals surface area contributed by atoms with Crippen molar-refractivity contribution in [3.63, 3.8) is 0 Å². The summed E-state index contributed by atoms with van der Waals surface area (Å²) in [5.41, 5.74) is 0.843. The number of ether oxygens (including phenoxy) is 1. The predicted octanol–water partition coefficient (Wildman–Crippen LogP) is 1.96. The van der Waals surface area contributed by atoms with Crippen LogP contribution in [0.1, 0.15) is 35.3 Å². The highest BCUT2D eigenvalue weighted by molar-refractivity contribution is 5.97. The monoisotopic (exact) mass is 365 g/mol. The van der Waals surface area contributed by atoms with E-state index in [1.54, 1.807) is 25.1 Å². The van der Waals surface area contributed by atoms with Crippen molar-refractivity contribution in [2.45, 2.75) is 25.9 Å². The Balaban J connectivity index is 1.66. The first-order valence-electron chi connectivity index (χ1n) is 8.88. The van der Waals surface area contributed by atoms with E-state index in [9.17, 15) is 14.4 Å². The lowest BCUT2D eigenvalue weighted by Crippen LogP contribution is -2.35. The molecule has 1 atom stereocenters. The Morgan fingerprint density at radius 1 is 1.26 bits per heavy atom. The van der Waals surface area contributed by atoms with Crippen molar-refractivity contribution in [2.24, 2.45) is 0 Å². The zero-order valence-corrected chi connectivity index (χ0v) is 14.8. The van der Waals surface area contributed by atoms with Gasteiger partial charge in [-0.2, -0.15) is 0 Å². The molecule has 27 heavy (non-hydrogen) atoms. The van der Waals surface area contributed by atoms with Crippen LogP contribution in [0, 0.1) is 0 Å². The third-order valence-corrected chi connectivity index (χ3v) is 4.82. The van der Waals surface area contributed by atoms with Crippen LogP contribution in [0.15, 0.2) is 52.1 Å². The molecule has 3 aromatic rings. The van der Waals surface area contributed by atoms with Gasteiger partial charge in [0.1, 0.15) is 5.75 Å². The van der Waals surface area contributed by atoms with E-state index in [2.05, 4.69) is 10.3 Å². The molecule has 1 amide bonds. The lowest BCUT2D eigenvalue weighted by Gasteiger charge is -2.26. The van der Waals surface area contributed by atoms with Gasteiger partial charge in [0.25, 0.3) is 11.5 Å². The smallest absolute Gasteiger partial charge is 0.328 e. The quantitative estimate of drug-likeness (QED) is 0.742. The third kappa shape index (κ3) is 3.01. The number of aromatic amines is 1. The minimum Gasteiger partial charge on any atom is -0.493 e. The van der Waals surface area contributed by atoms with Gasteiger partial charge in [0, 0.05) is 24.1 Å². The van der Waals surface area contributed by atoms with Crippen LogP contribution in [0.2, 0.25) is 0 Å². The van der Waals surface area contributed by atoms with E-state index < -0.39 is 5.69 Å². The summed E-state index contributed by atoms with van der Waals surface area (Å²) in [5.74, 6) is 0.510. The van der Waals surface area contributed by atoms with Crippen molar-refractivity contribution in [2.75, 3.05) is 6.61 Å². The van der Waals surface area contributed by atoms with E-state index in [0.717, 1.165) is 15.9 Å². The molecule has 4 rings (SSSR count). The minimum atomic E-state index is -0.481. The van der Waals surface area contributed by atoms with Crippen LogP contribution in [-0.2, 0) is 6.54 Å². The van der Waals surface area contributed by atoms with Crippen molar-refractivity contribution in [3.05, 3.63) is 74.4 Å². The predicted molar refractivity (Wildman–Crippen MR) is 101 cm³/mol. The van der Waals surface area contributed by atoms with Crippen LogP contribution in [0.4, 0.5) is 0 Å². The van der Waals surface area contributed by atoms with E-state index >= 15 is 0 Å². The van der Waals surface area contributed by atoms with Crippen LogP contribution < -0.4 is 21.3 Å². The zero-order valence-electron chi connectivity index (χ0n) is 14.8. The molecule has 138 valence electrons. The summed E-state index contributed by atoms with van der Waals surface area (Å²) in [6.07, 6.45) is 0.675. The number of aromatic nitrogens is 2. The molecule has 0 radical (unpaired) electrons. The lowest BCUT2D eigenvalue weighted by molar-refractivity contribution is 0.0925. The fourth-order valence-electron chi connectivity index (χ4n) is 3.42. The average molecular weight is 365 g/mol. The Morgan fingerprint density at radius 3 is 2.89 bits per heavy atom. The molecule has 0 fully saturated rings. The molecule has 1 aliphatic heterocycles. The number of rotatable bonds is 3. The Labute approximate surface area is 154 Å². The van der Waals surface area contributed by atoms with Gasteiger partial charge in [-0.05, 0) is 31.2 Å². The fraction of sp³-hybridized carbons (Fsp3) is 0.250. The number of amides is 1. The van der Waals surface area contributed by atoms with Gasteiger partial charge in [0.15, 0.2) is 0 Å². The third-order valence-electron chi connectivity index (χ3n) is 4.82. The van der Waals surface area contributed by atoms with Crippen molar-refractivity contribution in [1.82, 2.24) is 14.9 Å². The number of nitrogens with one attached hydrogen (secondary N) is 2. The summed E-state index contributed by atoms with van der Waals surface area (Å²) in [4.78, 5) is 39.8. The number of carbonyl (C=O) groups excluding carboxylic acids is 1. The van der Waals surface area contributed by atoms with Gasteiger partial charge in [-0.3, -0.25) is 14.2 Å². The SMILES string of the molecule is CCn1c(=O)[nH]c2cc(C(=O)NC3CCOc4ccccc43)ccc2c1=O. The Bertz CT molecular complexity index is 1150. The summed E-state index contributed by atoms with van der Waals surface area (Å²) in [7, 11) is 0. The summed E-state index contributed by atoms with van der Waals surface area (Å²) in [6.45, 7) is 2.55. The first-order valence-corrected chi connectivity index (χ1v) is 8.88. The van der Waals surface area contributed by atoms with Crippen molar-refractivity contribution in [3.8, 4) is 5.75 Å². The summed E-state index contributed by atoms with van der Waals surface area (Å²) in [6, 6.07) is 12.2. The number of para-hydroxylation sites is 1. The average Bonchev–Trinajstić information content (AvgIpc) is 2.68. The maximum Gasteiger partial charge on any atom is 0.328 e. The Kier molecular flexibility index (Phi) is 4.27. The largest absolute Gasteiger partial charge is 0.493 e. The zero-order chi connectivity index (χ0) is 19.0. The van der Waals surface area contributed by atoms with Gasteiger partial charge in [-0.1, -0.05) is 18.2 Å². The van der Waals surface area contributed by atoms with E-state index in [0.29, 0.717) is 29.5 Å². The molecular formula is C20H19N3O4. The highest BCUT2D eigenvalue weighted by atomic mass is 16.5. The molecule has 1 unspecified atom stereocenters. The van der Waals surface area contributed by atoms with E-state index in [1.165, 1.54) is 0 Å². The molecule has 7 heteroatoms. The molecule has 2 aromatic carbocycles. The highest BCUT2D eigenvalue weighted by Crippen LogP contribution is 2.31. The number of hydrogen-bond acceptors (Lipinski definition) is 4. The van der Waals surface area contributed by atoms with E-state index in [4.69, 9.17) is 4.74 Å². The van der Waals surface area contributed by atoms with Gasteiger partial charge in [-0.15, -0.1) is 0 Å². The summed E-state index contributed by atoms with van der Waals surface area (Å²) < 4.78 is 6.74. The molecule has 0 bridgehead atoms. The molecular weight excluding hydrogens is 346 g/mol. The second kappa shape index (κ2) is 6.75. The van der Waals surface area contributed by atoms with Crippen LogP contribution in [0.5, 0.6) is 5.75 Å². The van der Waals surface area contributed by atoms with Crippen molar-refractivity contribution >= 4 is 16.8 Å². The van der Waals surface area contributed by atoms with Crippen molar-refractivity contribution < 1.29 is 9.53 Å². The number of nitrogens with zero attached hydrogens (tertiary/aromatic N) is 1. The van der Waals surface area contributed by atoms with Gasteiger partial charge < -0.3 is 15.0 Å². The number of carbonyl (C=O) groups is 1. The number of hydrogen-bond donors (Lipinski definition) is 2. The number of H-pyrrole nitrogens is 1. The molecule has 0 aliphatic carbocycles. The Hall–Kier alpha value is -3.35. The van der Waals surface area contributed by atoms with Gasteiger partial charge >= 0.3 is 5.69 Å². The standard InChI is InChI=1S/C20H19N3O4/c1-2-23-19(25)14-8-7-12(11-16(14)22-20(23)26)18(24)21-15-9-10-27-17-6-4-3-5-13(15)17/h3-8,11,15H,2,9-10H2,1H3,(H,21,24)(H,22,26). The van der Waals surface area contributed by atoms with Crippen LogP contribution in [0.25, 0.3) is 10.9 Å². The minimum absolute atomic E-state index is 0.148. The Morgan fingerprint density at radius 2 is 2.07 bits per heavy atom. The van der Waals surface area contributed by atoms with Gasteiger partial charge in [-0.25, -0.2) is 4.79 Å². The van der Waals surface area contributed by atoms with Crippen LogP contribution >= 0.6 is 0 Å². The molecule has 0 spiro atoms. The molecule has 1 aromatic heterocycles. The first-order chi connectivity index (χ1) is 13.1. The second-order valence-electron chi connectivity index (χ2n) is 6.44. The highest BCUT2D eigenvalue weighted by Gasteiger charge is 2.23. The fourth-order valence-corrected chi connectivity index (χ4v) is 3.42. The second-order valence-corrected chi connectivity index (χ2v) is 6.44. The number of benzene rings is 2. The molecule has 1 aliphatic rings. The van der Waals surface area contributed by atoms with Gasteiger partial charge in [0.2, 0.25) is 0 Å². The van der Waals surface area contributed by atoms with E-state index in [-0.39, 0.29) is 24.1 Å². The van der Waals surface area contributed by atoms with Crippen molar-refractivity contribution in [1.29, 1.82) is 0 Å². The van der Waals surface area contributed by atoms with Crippen LogP contribution in [0.3, 0.4) is 0 Å². The molecule has 0 saturated carbocycles.